The van der Waals surface area contributed by atoms with E-state index in [9.17, 15) is 13.2 Å². The average Bonchev–Trinajstić information content (AvgIpc) is 2.54. The van der Waals surface area contributed by atoms with Crippen LogP contribution in [0.25, 0.3) is 0 Å². The molecule has 0 bridgehead atoms. The number of aromatic nitrogens is 2. The standard InChI is InChI=1S/C9H11F3N4O/c10-9(11,12)7-14-6(17-15-7)1-16-4-8(5-16)2-13-3-8/h13H,1-5H2. The largest absolute Gasteiger partial charge is 0.455 e. The maximum Gasteiger partial charge on any atom is 0.455 e. The van der Waals surface area contributed by atoms with Gasteiger partial charge >= 0.3 is 6.18 Å². The Bertz CT molecular complexity index is 418. The summed E-state index contributed by atoms with van der Waals surface area (Å²) in [5.41, 5.74) is 0.340. The second-order valence-electron chi connectivity index (χ2n) is 4.76. The smallest absolute Gasteiger partial charge is 0.338 e. The molecule has 0 unspecified atom stereocenters. The van der Waals surface area contributed by atoms with E-state index in [4.69, 9.17) is 0 Å². The van der Waals surface area contributed by atoms with Crippen LogP contribution in [0.5, 0.6) is 0 Å². The van der Waals surface area contributed by atoms with E-state index >= 15 is 0 Å². The number of rotatable bonds is 2. The summed E-state index contributed by atoms with van der Waals surface area (Å²) in [5, 5.41) is 6.10. The fourth-order valence-corrected chi connectivity index (χ4v) is 2.34. The molecule has 0 aromatic carbocycles. The van der Waals surface area contributed by atoms with Crippen molar-refractivity contribution in [2.45, 2.75) is 12.7 Å². The SMILES string of the molecule is FC(F)(F)c1noc(CN2CC3(CNC3)C2)n1. The van der Waals surface area contributed by atoms with E-state index < -0.39 is 12.0 Å². The van der Waals surface area contributed by atoms with Crippen molar-refractivity contribution in [2.75, 3.05) is 26.2 Å². The second kappa shape index (κ2) is 3.42. The number of hydrogen-bond donors (Lipinski definition) is 1. The van der Waals surface area contributed by atoms with E-state index in [2.05, 4.69) is 20.0 Å². The first kappa shape index (κ1) is 11.0. The number of nitrogens with one attached hydrogen (secondary N) is 1. The van der Waals surface area contributed by atoms with Gasteiger partial charge < -0.3 is 9.84 Å². The second-order valence-corrected chi connectivity index (χ2v) is 4.76. The van der Waals surface area contributed by atoms with Gasteiger partial charge in [0.15, 0.2) is 0 Å². The summed E-state index contributed by atoms with van der Waals surface area (Å²) in [6.45, 7) is 4.03. The lowest BCUT2D eigenvalue weighted by Gasteiger charge is -2.55. The summed E-state index contributed by atoms with van der Waals surface area (Å²) >= 11 is 0. The third-order valence-corrected chi connectivity index (χ3v) is 3.20. The van der Waals surface area contributed by atoms with Gasteiger partial charge in [0.25, 0.3) is 5.82 Å². The Morgan fingerprint density at radius 2 is 2.06 bits per heavy atom. The zero-order chi connectivity index (χ0) is 12.1. The minimum Gasteiger partial charge on any atom is -0.338 e. The Hall–Kier alpha value is -1.15. The molecule has 0 radical (unpaired) electrons. The molecule has 0 aliphatic carbocycles. The number of halogens is 3. The average molecular weight is 248 g/mol. The van der Waals surface area contributed by atoms with Crippen molar-refractivity contribution < 1.29 is 17.7 Å². The Kier molecular flexibility index (Phi) is 2.21. The molecule has 1 aromatic heterocycles. The van der Waals surface area contributed by atoms with E-state index in [0.717, 1.165) is 26.2 Å². The van der Waals surface area contributed by atoms with Crippen molar-refractivity contribution in [3.05, 3.63) is 11.7 Å². The summed E-state index contributed by atoms with van der Waals surface area (Å²) in [4.78, 5) is 5.34. The van der Waals surface area contributed by atoms with E-state index in [0.29, 0.717) is 12.0 Å². The molecule has 0 amide bonds. The first-order chi connectivity index (χ1) is 7.97. The number of likely N-dealkylation sites (tertiary alicyclic amines) is 1. The Balaban J connectivity index is 1.57. The van der Waals surface area contributed by atoms with Crippen molar-refractivity contribution in [2.24, 2.45) is 5.41 Å². The molecule has 2 aliphatic heterocycles. The molecule has 1 aromatic rings. The van der Waals surface area contributed by atoms with Crippen molar-refractivity contribution in [3.63, 3.8) is 0 Å². The molecule has 2 aliphatic rings. The molecule has 2 fully saturated rings. The molecule has 8 heteroatoms. The summed E-state index contributed by atoms with van der Waals surface area (Å²) in [6.07, 6.45) is -4.53. The highest BCUT2D eigenvalue weighted by Crippen LogP contribution is 2.35. The van der Waals surface area contributed by atoms with Crippen LogP contribution in [-0.2, 0) is 12.7 Å². The van der Waals surface area contributed by atoms with Crippen LogP contribution in [0.15, 0.2) is 4.52 Å². The zero-order valence-corrected chi connectivity index (χ0v) is 8.92. The van der Waals surface area contributed by atoms with E-state index in [1.165, 1.54) is 0 Å². The number of alkyl halides is 3. The summed E-state index contributed by atoms with van der Waals surface area (Å²) in [5.74, 6) is -1.17. The topological polar surface area (TPSA) is 54.2 Å². The van der Waals surface area contributed by atoms with Crippen molar-refractivity contribution >= 4 is 0 Å². The third-order valence-electron chi connectivity index (χ3n) is 3.20. The van der Waals surface area contributed by atoms with Gasteiger partial charge in [-0.15, -0.1) is 0 Å². The van der Waals surface area contributed by atoms with Gasteiger partial charge in [-0.25, -0.2) is 0 Å². The monoisotopic (exact) mass is 248 g/mol. The first-order valence-electron chi connectivity index (χ1n) is 5.30. The molecule has 3 heterocycles. The molecule has 17 heavy (non-hydrogen) atoms. The van der Waals surface area contributed by atoms with E-state index in [1.54, 1.807) is 0 Å². The van der Waals surface area contributed by atoms with Crippen LogP contribution in [0.3, 0.4) is 0 Å². The quantitative estimate of drug-likeness (QED) is 0.825. The number of hydrogen-bond acceptors (Lipinski definition) is 5. The molecule has 1 N–H and O–H groups in total. The van der Waals surface area contributed by atoms with E-state index in [-0.39, 0.29) is 5.89 Å². The normalized spacial score (nSPS) is 23.5. The fourth-order valence-electron chi connectivity index (χ4n) is 2.34. The van der Waals surface area contributed by atoms with Crippen LogP contribution in [0.4, 0.5) is 13.2 Å². The predicted molar refractivity (Wildman–Crippen MR) is 49.9 cm³/mol. The molecule has 0 atom stereocenters. The third kappa shape index (κ3) is 1.91. The molecular formula is C9H11F3N4O. The van der Waals surface area contributed by atoms with Gasteiger partial charge in [0.2, 0.25) is 5.89 Å². The lowest BCUT2D eigenvalue weighted by molar-refractivity contribution is -0.146. The van der Waals surface area contributed by atoms with Crippen molar-refractivity contribution in [3.8, 4) is 0 Å². The van der Waals surface area contributed by atoms with Gasteiger partial charge in [-0.2, -0.15) is 18.2 Å². The van der Waals surface area contributed by atoms with Gasteiger partial charge in [0, 0.05) is 31.6 Å². The number of nitrogens with zero attached hydrogens (tertiary/aromatic N) is 3. The molecule has 1 spiro atoms. The van der Waals surface area contributed by atoms with Crippen LogP contribution < -0.4 is 5.32 Å². The molecular weight excluding hydrogens is 237 g/mol. The highest BCUT2D eigenvalue weighted by molar-refractivity contribution is 5.04. The Labute approximate surface area is 95.0 Å². The maximum atomic E-state index is 12.2. The highest BCUT2D eigenvalue weighted by Gasteiger charge is 2.47. The zero-order valence-electron chi connectivity index (χ0n) is 8.92. The van der Waals surface area contributed by atoms with Gasteiger partial charge in [-0.3, -0.25) is 4.90 Å². The Morgan fingerprint density at radius 3 is 2.53 bits per heavy atom. The lowest BCUT2D eigenvalue weighted by Crippen LogP contribution is -2.70. The van der Waals surface area contributed by atoms with Gasteiger partial charge in [0.05, 0.1) is 6.54 Å². The van der Waals surface area contributed by atoms with Crippen LogP contribution in [0.1, 0.15) is 11.7 Å². The fraction of sp³-hybridized carbons (Fsp3) is 0.778. The molecule has 5 nitrogen and oxygen atoms in total. The van der Waals surface area contributed by atoms with Crippen molar-refractivity contribution in [1.82, 2.24) is 20.4 Å². The summed E-state index contributed by atoms with van der Waals surface area (Å²) in [7, 11) is 0. The van der Waals surface area contributed by atoms with Crippen LogP contribution in [0, 0.1) is 5.41 Å². The van der Waals surface area contributed by atoms with Gasteiger partial charge in [-0.1, -0.05) is 5.16 Å². The van der Waals surface area contributed by atoms with Crippen LogP contribution in [-0.4, -0.2) is 41.2 Å². The molecule has 94 valence electrons. The van der Waals surface area contributed by atoms with Crippen LogP contribution in [0.2, 0.25) is 0 Å². The van der Waals surface area contributed by atoms with Gasteiger partial charge in [-0.05, 0) is 0 Å². The highest BCUT2D eigenvalue weighted by atomic mass is 19.4. The molecule has 3 rings (SSSR count). The molecule has 2 saturated heterocycles. The lowest BCUT2D eigenvalue weighted by atomic mass is 9.74. The molecule has 0 saturated carbocycles. The summed E-state index contributed by atoms with van der Waals surface area (Å²) in [6, 6.07) is 0. The van der Waals surface area contributed by atoms with Gasteiger partial charge in [0.1, 0.15) is 0 Å². The predicted octanol–water partition coefficient (Wildman–Crippen LogP) is 0.494. The minimum absolute atomic E-state index is 0.0273. The summed E-state index contributed by atoms with van der Waals surface area (Å²) < 4.78 is 41.2. The Morgan fingerprint density at radius 1 is 1.35 bits per heavy atom. The van der Waals surface area contributed by atoms with Crippen LogP contribution >= 0.6 is 0 Å². The maximum absolute atomic E-state index is 12.2. The van der Waals surface area contributed by atoms with Crippen molar-refractivity contribution in [1.29, 1.82) is 0 Å². The minimum atomic E-state index is -4.53. The van der Waals surface area contributed by atoms with E-state index in [1.807, 2.05) is 4.90 Å². The first-order valence-corrected chi connectivity index (χ1v) is 5.30.